The van der Waals surface area contributed by atoms with Gasteiger partial charge in [-0.1, -0.05) is 53.5 Å². The fourth-order valence-corrected chi connectivity index (χ4v) is 3.56. The van der Waals surface area contributed by atoms with Crippen molar-refractivity contribution in [2.75, 3.05) is 13.2 Å². The van der Waals surface area contributed by atoms with Crippen LogP contribution in [0.1, 0.15) is 33.3 Å². The molecule has 1 aliphatic rings. The molecule has 1 unspecified atom stereocenters. The highest BCUT2D eigenvalue weighted by atomic mass is 35.5. The number of amides is 1. The second-order valence-corrected chi connectivity index (χ2v) is 8.29. The van der Waals surface area contributed by atoms with Crippen LogP contribution in [-0.4, -0.2) is 46.1 Å². The van der Waals surface area contributed by atoms with E-state index in [0.717, 1.165) is 17.7 Å². The van der Waals surface area contributed by atoms with E-state index in [1.807, 2.05) is 22.9 Å². The Morgan fingerprint density at radius 1 is 1.14 bits per heavy atom. The topological polar surface area (TPSA) is 93.5 Å². The first kappa shape index (κ1) is 26.5. The minimum Gasteiger partial charge on any atom is -0.475 e. The lowest BCUT2D eigenvalue weighted by molar-refractivity contribution is -0.192. The number of carboxylic acid groups (broad SMARTS) is 1. The van der Waals surface area contributed by atoms with Gasteiger partial charge in [0.15, 0.2) is 0 Å². The summed E-state index contributed by atoms with van der Waals surface area (Å²) < 4.78 is 39.5. The van der Waals surface area contributed by atoms with Gasteiger partial charge in [0, 0.05) is 18.3 Å². The molecule has 12 heteroatoms. The lowest BCUT2D eigenvalue weighted by Gasteiger charge is -2.22. The van der Waals surface area contributed by atoms with Gasteiger partial charge in [-0.3, -0.25) is 9.48 Å². The number of fused-ring (bicyclic) bond motifs is 1. The average Bonchev–Trinajstić information content (AvgIpc) is 3.22. The number of halogens is 5. The summed E-state index contributed by atoms with van der Waals surface area (Å²) in [6.45, 7) is 1.65. The van der Waals surface area contributed by atoms with Gasteiger partial charge in [0.05, 0.1) is 28.9 Å². The third kappa shape index (κ3) is 7.45. The van der Waals surface area contributed by atoms with Crippen molar-refractivity contribution in [3.63, 3.8) is 0 Å². The number of hydrogen-bond donors (Lipinski definition) is 2. The van der Waals surface area contributed by atoms with Crippen molar-refractivity contribution in [3.05, 3.63) is 87.2 Å². The van der Waals surface area contributed by atoms with Crippen LogP contribution in [0.2, 0.25) is 10.0 Å². The maximum absolute atomic E-state index is 12.4. The molecule has 1 amide bonds. The van der Waals surface area contributed by atoms with E-state index in [2.05, 4.69) is 23.6 Å². The number of aliphatic carboxylic acids is 1. The third-order valence-corrected chi connectivity index (χ3v) is 5.66. The minimum absolute atomic E-state index is 0.224. The van der Waals surface area contributed by atoms with E-state index in [0.29, 0.717) is 35.3 Å². The van der Waals surface area contributed by atoms with Gasteiger partial charge in [-0.15, -0.1) is 0 Å². The van der Waals surface area contributed by atoms with E-state index in [1.165, 1.54) is 5.56 Å². The van der Waals surface area contributed by atoms with Crippen molar-refractivity contribution >= 4 is 35.1 Å². The van der Waals surface area contributed by atoms with Crippen molar-refractivity contribution in [1.82, 2.24) is 15.1 Å². The van der Waals surface area contributed by atoms with Gasteiger partial charge in [-0.25, -0.2) is 4.79 Å². The Labute approximate surface area is 208 Å². The predicted octanol–water partition coefficient (Wildman–Crippen LogP) is 4.92. The van der Waals surface area contributed by atoms with Crippen molar-refractivity contribution in [2.24, 2.45) is 0 Å². The molecule has 35 heavy (non-hydrogen) atoms. The van der Waals surface area contributed by atoms with Crippen LogP contribution in [0.3, 0.4) is 0 Å². The molecule has 1 aliphatic heterocycles. The fourth-order valence-electron chi connectivity index (χ4n) is 3.26. The molecule has 2 heterocycles. The zero-order valence-corrected chi connectivity index (χ0v) is 19.6. The van der Waals surface area contributed by atoms with Crippen LogP contribution < -0.4 is 5.32 Å². The standard InChI is InChI=1S/C21H19Cl2N3O2.C2HF3O2/c22-17-7-6-15(10-18(17)23)21(27)24-11-19-20-16(8-9-28-19)13-26(25-20)12-14-4-2-1-3-5-14;3-2(4,5)1(6)7/h1-7,10,13,19H,8-9,11-12H2,(H,24,27);(H,6,7). The van der Waals surface area contributed by atoms with Gasteiger partial charge in [0.2, 0.25) is 0 Å². The van der Waals surface area contributed by atoms with Crippen molar-refractivity contribution in [3.8, 4) is 0 Å². The van der Waals surface area contributed by atoms with Crippen LogP contribution in [0.5, 0.6) is 0 Å². The molecule has 2 aromatic carbocycles. The van der Waals surface area contributed by atoms with Crippen LogP contribution in [0.25, 0.3) is 0 Å². The smallest absolute Gasteiger partial charge is 0.475 e. The summed E-state index contributed by atoms with van der Waals surface area (Å²) in [4.78, 5) is 21.3. The first-order valence-electron chi connectivity index (χ1n) is 10.3. The lowest BCUT2D eigenvalue weighted by Crippen LogP contribution is -2.31. The highest BCUT2D eigenvalue weighted by Gasteiger charge is 2.38. The van der Waals surface area contributed by atoms with E-state index in [4.69, 9.17) is 42.9 Å². The predicted molar refractivity (Wildman–Crippen MR) is 123 cm³/mol. The third-order valence-electron chi connectivity index (χ3n) is 4.93. The molecule has 1 aromatic heterocycles. The Morgan fingerprint density at radius 2 is 1.83 bits per heavy atom. The molecule has 0 fully saturated rings. The van der Waals surface area contributed by atoms with Gasteiger partial charge >= 0.3 is 12.1 Å². The lowest BCUT2D eigenvalue weighted by atomic mass is 10.1. The Balaban J connectivity index is 0.000000429. The second kappa shape index (κ2) is 11.6. The summed E-state index contributed by atoms with van der Waals surface area (Å²) in [5, 5.41) is 15.5. The Hall–Kier alpha value is -3.08. The number of carbonyl (C=O) groups excluding carboxylic acids is 1. The summed E-state index contributed by atoms with van der Waals surface area (Å²) >= 11 is 11.9. The molecular weight excluding hydrogens is 510 g/mol. The first-order chi connectivity index (χ1) is 16.5. The molecule has 0 bridgehead atoms. The number of aromatic nitrogens is 2. The largest absolute Gasteiger partial charge is 0.490 e. The van der Waals surface area contributed by atoms with Crippen molar-refractivity contribution in [2.45, 2.75) is 25.2 Å². The highest BCUT2D eigenvalue weighted by molar-refractivity contribution is 6.42. The Kier molecular flexibility index (Phi) is 8.76. The van der Waals surface area contributed by atoms with Crippen LogP contribution in [0.4, 0.5) is 13.2 Å². The molecule has 186 valence electrons. The van der Waals surface area contributed by atoms with Gasteiger partial charge in [-0.2, -0.15) is 18.3 Å². The number of alkyl halides is 3. The number of nitrogens with one attached hydrogen (secondary N) is 1. The molecule has 7 nitrogen and oxygen atoms in total. The number of carboxylic acids is 1. The van der Waals surface area contributed by atoms with E-state index in [1.54, 1.807) is 18.2 Å². The molecule has 3 aromatic rings. The van der Waals surface area contributed by atoms with Gasteiger partial charge in [0.25, 0.3) is 5.91 Å². The normalized spacial score (nSPS) is 14.9. The molecule has 0 radical (unpaired) electrons. The molecule has 2 N–H and O–H groups in total. The minimum atomic E-state index is -5.08. The summed E-state index contributed by atoms with van der Waals surface area (Å²) in [5.74, 6) is -2.98. The van der Waals surface area contributed by atoms with Crippen LogP contribution in [-0.2, 0) is 22.5 Å². The van der Waals surface area contributed by atoms with Gasteiger partial charge in [-0.05, 0) is 35.7 Å². The maximum atomic E-state index is 12.4. The summed E-state index contributed by atoms with van der Waals surface area (Å²) in [5.41, 5.74) is 3.69. The second-order valence-electron chi connectivity index (χ2n) is 7.47. The van der Waals surface area contributed by atoms with Gasteiger partial charge < -0.3 is 15.2 Å². The van der Waals surface area contributed by atoms with Crippen LogP contribution in [0.15, 0.2) is 54.7 Å². The first-order valence-corrected chi connectivity index (χ1v) is 11.1. The molecule has 0 spiro atoms. The van der Waals surface area contributed by atoms with E-state index in [-0.39, 0.29) is 12.0 Å². The van der Waals surface area contributed by atoms with Crippen molar-refractivity contribution < 1.29 is 32.6 Å². The van der Waals surface area contributed by atoms with E-state index < -0.39 is 12.1 Å². The fraction of sp³-hybridized carbons (Fsp3) is 0.261. The molecular formula is C23H20Cl2F3N3O4. The number of rotatable bonds is 5. The summed E-state index contributed by atoms with van der Waals surface area (Å²) in [6.07, 6.45) is -2.47. The average molecular weight is 530 g/mol. The molecule has 4 rings (SSSR count). The van der Waals surface area contributed by atoms with E-state index in [9.17, 15) is 18.0 Å². The maximum Gasteiger partial charge on any atom is 0.490 e. The molecule has 1 atom stereocenters. The van der Waals surface area contributed by atoms with Crippen LogP contribution >= 0.6 is 23.2 Å². The summed E-state index contributed by atoms with van der Waals surface area (Å²) in [6, 6.07) is 15.0. The Bertz CT molecular complexity index is 1190. The number of benzene rings is 2. The quantitative estimate of drug-likeness (QED) is 0.489. The Morgan fingerprint density at radius 3 is 2.46 bits per heavy atom. The van der Waals surface area contributed by atoms with Crippen molar-refractivity contribution in [1.29, 1.82) is 0 Å². The zero-order chi connectivity index (χ0) is 25.6. The highest BCUT2D eigenvalue weighted by Crippen LogP contribution is 2.26. The van der Waals surface area contributed by atoms with E-state index >= 15 is 0 Å². The number of carbonyl (C=O) groups is 2. The monoisotopic (exact) mass is 529 g/mol. The SMILES string of the molecule is O=C(NCC1OCCc2cn(Cc3ccccc3)nc21)c1ccc(Cl)c(Cl)c1.O=C(O)C(F)(F)F. The number of nitrogens with zero attached hydrogens (tertiary/aromatic N) is 2. The molecule has 0 saturated carbocycles. The van der Waals surface area contributed by atoms with Gasteiger partial charge in [0.1, 0.15) is 6.10 Å². The molecule has 0 aliphatic carbocycles. The number of ether oxygens (including phenoxy) is 1. The molecule has 0 saturated heterocycles. The zero-order valence-electron chi connectivity index (χ0n) is 18.1. The summed E-state index contributed by atoms with van der Waals surface area (Å²) in [7, 11) is 0. The number of hydrogen-bond acceptors (Lipinski definition) is 4. The van der Waals surface area contributed by atoms with Crippen LogP contribution in [0, 0.1) is 0 Å².